The fourth-order valence-corrected chi connectivity index (χ4v) is 3.63. The lowest BCUT2D eigenvalue weighted by atomic mass is 9.86. The second kappa shape index (κ2) is 9.90. The minimum Gasteiger partial charge on any atom is -0.335 e. The molecule has 1 saturated carbocycles. The van der Waals surface area contributed by atoms with Crippen molar-refractivity contribution in [3.8, 4) is 0 Å². The first-order valence-corrected chi connectivity index (χ1v) is 9.67. The molecule has 1 heterocycles. The molecule has 0 aromatic carbocycles. The van der Waals surface area contributed by atoms with Gasteiger partial charge in [-0.3, -0.25) is 10.6 Å². The van der Waals surface area contributed by atoms with E-state index in [-0.39, 0.29) is 37.1 Å². The highest BCUT2D eigenvalue weighted by molar-refractivity contribution is 5.74. The van der Waals surface area contributed by atoms with Crippen molar-refractivity contribution in [1.82, 2.24) is 31.5 Å². The lowest BCUT2D eigenvalue weighted by Gasteiger charge is -2.37. The van der Waals surface area contributed by atoms with Gasteiger partial charge in [0.2, 0.25) is 0 Å². The minimum absolute atomic E-state index is 0.0727. The number of hydrogen-bond donors (Lipinski definition) is 5. The Hall–Kier alpha value is -1.10. The largest absolute Gasteiger partial charge is 0.391 e. The summed E-state index contributed by atoms with van der Waals surface area (Å²) >= 11 is 0. The molecule has 2 amide bonds. The van der Waals surface area contributed by atoms with Crippen molar-refractivity contribution in [3.05, 3.63) is 0 Å². The number of halogens is 3. The third kappa shape index (κ3) is 7.81. The molecular formula is C17H33F3N6O. The highest BCUT2D eigenvalue weighted by Gasteiger charge is 2.41. The summed E-state index contributed by atoms with van der Waals surface area (Å²) in [6, 6.07) is -0.356. The number of hydrogen-bond acceptors (Lipinski definition) is 5. The van der Waals surface area contributed by atoms with Gasteiger partial charge in [-0.1, -0.05) is 0 Å². The summed E-state index contributed by atoms with van der Waals surface area (Å²) in [5.74, 6) is -1.24. The molecule has 5 N–H and O–H groups in total. The molecule has 0 radical (unpaired) electrons. The van der Waals surface area contributed by atoms with Crippen LogP contribution >= 0.6 is 0 Å². The van der Waals surface area contributed by atoms with Crippen LogP contribution in [0.15, 0.2) is 0 Å². The molecule has 27 heavy (non-hydrogen) atoms. The molecule has 3 unspecified atom stereocenters. The number of carbonyl (C=O) groups excluding carboxylic acids is 1. The van der Waals surface area contributed by atoms with Crippen molar-refractivity contribution in [2.75, 3.05) is 27.2 Å². The Morgan fingerprint density at radius 1 is 1.11 bits per heavy atom. The predicted molar refractivity (Wildman–Crippen MR) is 98.0 cm³/mol. The van der Waals surface area contributed by atoms with Crippen molar-refractivity contribution >= 4 is 6.03 Å². The molecular weight excluding hydrogens is 361 g/mol. The van der Waals surface area contributed by atoms with E-state index in [4.69, 9.17) is 0 Å². The van der Waals surface area contributed by atoms with Crippen LogP contribution in [0, 0.1) is 5.92 Å². The number of urea groups is 1. The molecule has 3 atom stereocenters. The van der Waals surface area contributed by atoms with Gasteiger partial charge >= 0.3 is 12.2 Å². The van der Waals surface area contributed by atoms with Crippen LogP contribution in [-0.4, -0.2) is 68.8 Å². The Morgan fingerprint density at radius 2 is 1.78 bits per heavy atom. The van der Waals surface area contributed by atoms with E-state index in [2.05, 4.69) is 31.5 Å². The molecule has 2 rings (SSSR count). The SMILES string of the molecule is CC1CC(NCCN(C)C)NC(NC(=O)NC2CCC(C(F)(F)F)CC2)N1. The Morgan fingerprint density at radius 3 is 2.37 bits per heavy atom. The van der Waals surface area contributed by atoms with Gasteiger partial charge in [-0.05, 0) is 53.1 Å². The summed E-state index contributed by atoms with van der Waals surface area (Å²) in [6.45, 7) is 3.80. The van der Waals surface area contributed by atoms with Gasteiger partial charge in [-0.15, -0.1) is 0 Å². The Kier molecular flexibility index (Phi) is 8.14. The van der Waals surface area contributed by atoms with Crippen molar-refractivity contribution in [2.24, 2.45) is 5.92 Å². The van der Waals surface area contributed by atoms with Gasteiger partial charge in [0.05, 0.1) is 12.1 Å². The number of likely N-dealkylation sites (N-methyl/N-ethyl adjacent to an activating group) is 1. The highest BCUT2D eigenvalue weighted by Crippen LogP contribution is 2.37. The molecule has 2 fully saturated rings. The zero-order valence-corrected chi connectivity index (χ0v) is 16.3. The number of amides is 2. The fourth-order valence-electron chi connectivity index (χ4n) is 3.63. The lowest BCUT2D eigenvalue weighted by molar-refractivity contribution is -0.182. The lowest BCUT2D eigenvalue weighted by Crippen LogP contribution is -2.68. The monoisotopic (exact) mass is 394 g/mol. The van der Waals surface area contributed by atoms with Crippen LogP contribution in [0.1, 0.15) is 39.0 Å². The minimum atomic E-state index is -4.13. The third-order valence-corrected chi connectivity index (χ3v) is 5.16. The summed E-state index contributed by atoms with van der Waals surface area (Å²) in [4.78, 5) is 14.3. The topological polar surface area (TPSA) is 80.5 Å². The maximum absolute atomic E-state index is 12.7. The van der Waals surface area contributed by atoms with Gasteiger partial charge in [-0.25, -0.2) is 4.79 Å². The average Bonchev–Trinajstić information content (AvgIpc) is 2.53. The molecule has 7 nitrogen and oxygen atoms in total. The van der Waals surface area contributed by atoms with Crippen LogP contribution in [0.25, 0.3) is 0 Å². The second-order valence-electron chi connectivity index (χ2n) is 7.92. The average molecular weight is 394 g/mol. The van der Waals surface area contributed by atoms with Gasteiger partial charge in [0.25, 0.3) is 0 Å². The van der Waals surface area contributed by atoms with Crippen LogP contribution in [0.4, 0.5) is 18.0 Å². The maximum Gasteiger partial charge on any atom is 0.391 e. The molecule has 0 bridgehead atoms. The number of carbonyl (C=O) groups is 1. The number of rotatable bonds is 6. The van der Waals surface area contributed by atoms with Gasteiger partial charge in [0, 0.05) is 25.2 Å². The van der Waals surface area contributed by atoms with Gasteiger partial charge in [0.15, 0.2) is 0 Å². The summed E-state index contributed by atoms with van der Waals surface area (Å²) in [7, 11) is 4.02. The molecule has 158 valence electrons. The predicted octanol–water partition coefficient (Wildman–Crippen LogP) is 1.14. The van der Waals surface area contributed by atoms with Crippen LogP contribution < -0.4 is 26.6 Å². The van der Waals surface area contributed by atoms with Crippen LogP contribution in [0.2, 0.25) is 0 Å². The van der Waals surface area contributed by atoms with E-state index in [0.717, 1.165) is 19.5 Å². The van der Waals surface area contributed by atoms with E-state index in [1.165, 1.54) is 0 Å². The quantitative estimate of drug-likeness (QED) is 0.467. The van der Waals surface area contributed by atoms with Crippen LogP contribution in [0.5, 0.6) is 0 Å². The Labute approximate surface area is 159 Å². The van der Waals surface area contributed by atoms with Crippen molar-refractivity contribution in [3.63, 3.8) is 0 Å². The second-order valence-corrected chi connectivity index (χ2v) is 7.92. The third-order valence-electron chi connectivity index (χ3n) is 5.16. The summed E-state index contributed by atoms with van der Waals surface area (Å²) in [5, 5.41) is 15.6. The molecule has 1 aliphatic carbocycles. The first kappa shape index (κ1) is 22.2. The van der Waals surface area contributed by atoms with Crippen LogP contribution in [0.3, 0.4) is 0 Å². The summed E-state index contributed by atoms with van der Waals surface area (Å²) in [6.07, 6.45) is -2.71. The molecule has 0 aromatic heterocycles. The van der Waals surface area contributed by atoms with E-state index in [9.17, 15) is 18.0 Å². The summed E-state index contributed by atoms with van der Waals surface area (Å²) < 4.78 is 38.2. The standard InChI is InChI=1S/C17H33F3N6O/c1-11-10-14(21-8-9-26(2)3)24-15(22-11)25-16(27)23-13-6-4-12(5-7-13)17(18,19)20/h11-15,21-22,24H,4-10H2,1-3H3,(H2,23,25,27). The summed E-state index contributed by atoms with van der Waals surface area (Å²) in [5.41, 5.74) is 0. The molecule has 2 aliphatic rings. The van der Waals surface area contributed by atoms with E-state index >= 15 is 0 Å². The van der Waals surface area contributed by atoms with Crippen molar-refractivity contribution in [1.29, 1.82) is 0 Å². The van der Waals surface area contributed by atoms with Gasteiger partial charge < -0.3 is 20.9 Å². The number of nitrogens with one attached hydrogen (secondary N) is 5. The molecule has 0 spiro atoms. The number of nitrogens with zero attached hydrogens (tertiary/aromatic N) is 1. The normalized spacial score (nSPS) is 32.3. The first-order valence-electron chi connectivity index (χ1n) is 9.67. The first-order chi connectivity index (χ1) is 12.6. The van der Waals surface area contributed by atoms with E-state index < -0.39 is 18.4 Å². The van der Waals surface area contributed by atoms with E-state index in [1.54, 1.807) is 0 Å². The molecule has 10 heteroatoms. The van der Waals surface area contributed by atoms with E-state index in [0.29, 0.717) is 12.8 Å². The molecule has 1 saturated heterocycles. The van der Waals surface area contributed by atoms with Crippen molar-refractivity contribution in [2.45, 2.75) is 69.7 Å². The van der Waals surface area contributed by atoms with Crippen LogP contribution in [-0.2, 0) is 0 Å². The fraction of sp³-hybridized carbons (Fsp3) is 0.941. The zero-order chi connectivity index (χ0) is 20.0. The van der Waals surface area contributed by atoms with Crippen molar-refractivity contribution < 1.29 is 18.0 Å². The Bertz CT molecular complexity index is 468. The van der Waals surface area contributed by atoms with Gasteiger partial charge in [0.1, 0.15) is 6.29 Å². The maximum atomic E-state index is 12.7. The van der Waals surface area contributed by atoms with E-state index in [1.807, 2.05) is 21.0 Å². The molecule has 0 aromatic rings. The zero-order valence-electron chi connectivity index (χ0n) is 16.3. The smallest absolute Gasteiger partial charge is 0.335 e. The highest BCUT2D eigenvalue weighted by atomic mass is 19.4. The van der Waals surface area contributed by atoms with Gasteiger partial charge in [-0.2, -0.15) is 13.2 Å². The molecule has 1 aliphatic heterocycles. The Balaban J connectivity index is 1.71. The number of alkyl halides is 3.